The Labute approximate surface area is 619 Å². The quantitative estimate of drug-likeness (QED) is 0.0336. The van der Waals surface area contributed by atoms with Crippen LogP contribution in [-0.2, 0) is 28.6 Å². The average Bonchev–Trinajstić information content (AvgIpc) is 0.838. The van der Waals surface area contributed by atoms with Crippen LogP contribution >= 0.6 is 0 Å². The van der Waals surface area contributed by atoms with Gasteiger partial charge < -0.3 is 28.9 Å². The Kier molecular flexibility index (Phi) is 74.5. The molecule has 0 amide bonds. The first-order valence-electron chi connectivity index (χ1n) is 45.5. The number of esters is 3. The molecule has 1 saturated carbocycles. The molecule has 0 radical (unpaired) electrons. The zero-order chi connectivity index (χ0) is 71.5. The molecule has 588 valence electrons. The van der Waals surface area contributed by atoms with Crippen LogP contribution < -0.4 is 0 Å². The van der Waals surface area contributed by atoms with Crippen LogP contribution in [0.2, 0.25) is 0 Å². The molecular formula is C90H177N3O6. The maximum absolute atomic E-state index is 14.3. The van der Waals surface area contributed by atoms with Gasteiger partial charge in [-0.1, -0.05) is 388 Å². The van der Waals surface area contributed by atoms with Crippen LogP contribution in [0.3, 0.4) is 0 Å². The minimum absolute atomic E-state index is 0.259. The van der Waals surface area contributed by atoms with Gasteiger partial charge in [-0.3, -0.25) is 14.4 Å². The summed E-state index contributed by atoms with van der Waals surface area (Å²) in [7, 11) is 0. The number of carbonyl (C=O) groups excluding carboxylic acids is 3. The van der Waals surface area contributed by atoms with Crippen LogP contribution in [-0.4, -0.2) is 111 Å². The summed E-state index contributed by atoms with van der Waals surface area (Å²) in [6.45, 7) is 24.4. The molecule has 99 heavy (non-hydrogen) atoms. The van der Waals surface area contributed by atoms with E-state index in [9.17, 15) is 14.4 Å². The van der Waals surface area contributed by atoms with Gasteiger partial charge in [0.1, 0.15) is 0 Å². The van der Waals surface area contributed by atoms with Crippen LogP contribution in [0.4, 0.5) is 0 Å². The standard InChI is InChI=1S/C90H177N3O6/c1-7-13-19-25-31-37-43-49-55-61-70-91(71-62-56-50-44-38-32-26-20-14-8-2)76-67-79-97-88(94)85-82-86(89(95)98-80-68-77-92(72-63-57-51-45-39-33-27-21-15-9-3)73-64-58-52-46-40-34-28-22-16-10-4)84-87(83-85)90(96)99-81-69-78-93(74-65-59-53-47-41-35-29-23-17-11-5)75-66-60-54-48-42-36-30-24-18-12-6/h85-87H,7-84H2,1-6H3. The molecule has 0 saturated heterocycles. The Morgan fingerprint density at radius 1 is 0.192 bits per heavy atom. The maximum Gasteiger partial charge on any atom is 0.308 e. The van der Waals surface area contributed by atoms with E-state index in [4.69, 9.17) is 14.2 Å². The SMILES string of the molecule is CCCCCCCCCCCCN(CCCCCCCCCCCC)CCCOC(=O)C1CC(C(=O)OCCCN(CCCCCCCCCCCC)CCCCCCCCCCCC)CC(C(=O)OCCCN(CCCCCCCCCCCC)CCCCCCCCCCCC)C1. The molecule has 0 aromatic carbocycles. The summed E-state index contributed by atoms with van der Waals surface area (Å²) in [6.07, 6.45) is 84.2. The molecule has 0 aromatic rings. The zero-order valence-electron chi connectivity index (χ0n) is 68.2. The predicted molar refractivity (Wildman–Crippen MR) is 431 cm³/mol. The highest BCUT2D eigenvalue weighted by molar-refractivity contribution is 5.80. The van der Waals surface area contributed by atoms with Gasteiger partial charge in [0, 0.05) is 19.6 Å². The minimum atomic E-state index is -0.529. The molecule has 0 aromatic heterocycles. The van der Waals surface area contributed by atoms with Gasteiger partial charge in [-0.05, 0) is 116 Å². The first kappa shape index (κ1) is 95.3. The van der Waals surface area contributed by atoms with Crippen molar-refractivity contribution in [1.82, 2.24) is 14.7 Å². The highest BCUT2D eigenvalue weighted by Gasteiger charge is 2.41. The molecule has 9 heteroatoms. The molecule has 0 spiro atoms. The van der Waals surface area contributed by atoms with E-state index >= 15 is 0 Å². The lowest BCUT2D eigenvalue weighted by Gasteiger charge is -2.31. The molecule has 1 aliphatic carbocycles. The van der Waals surface area contributed by atoms with Gasteiger partial charge >= 0.3 is 17.9 Å². The third-order valence-corrected chi connectivity index (χ3v) is 22.3. The highest BCUT2D eigenvalue weighted by atomic mass is 16.5. The van der Waals surface area contributed by atoms with E-state index in [-0.39, 0.29) is 17.9 Å². The minimum Gasteiger partial charge on any atom is -0.465 e. The van der Waals surface area contributed by atoms with E-state index in [1.807, 2.05) is 0 Å². The van der Waals surface area contributed by atoms with Crippen molar-refractivity contribution in [3.63, 3.8) is 0 Å². The van der Waals surface area contributed by atoms with Crippen molar-refractivity contribution >= 4 is 17.9 Å². The van der Waals surface area contributed by atoms with E-state index < -0.39 is 17.8 Å². The van der Waals surface area contributed by atoms with Gasteiger partial charge in [0.15, 0.2) is 0 Å². The molecule has 0 aliphatic heterocycles. The predicted octanol–water partition coefficient (Wildman–Crippen LogP) is 27.3. The largest absolute Gasteiger partial charge is 0.465 e. The van der Waals surface area contributed by atoms with Gasteiger partial charge in [0.25, 0.3) is 0 Å². The molecule has 0 bridgehead atoms. The fraction of sp³-hybridized carbons (Fsp3) is 0.967. The first-order chi connectivity index (χ1) is 48.8. The zero-order valence-corrected chi connectivity index (χ0v) is 68.2. The summed E-state index contributed by atoms with van der Waals surface area (Å²) in [6, 6.07) is 0. The Balaban J connectivity index is 3.10. The second kappa shape index (κ2) is 77.4. The van der Waals surface area contributed by atoms with Gasteiger partial charge in [-0.25, -0.2) is 0 Å². The molecular weight excluding hydrogens is 1220 g/mol. The second-order valence-electron chi connectivity index (χ2n) is 32.0. The van der Waals surface area contributed by atoms with Crippen molar-refractivity contribution in [3.05, 3.63) is 0 Å². The van der Waals surface area contributed by atoms with E-state index in [1.54, 1.807) is 0 Å². The highest BCUT2D eigenvalue weighted by Crippen LogP contribution is 2.36. The smallest absolute Gasteiger partial charge is 0.308 e. The number of ether oxygens (including phenoxy) is 3. The van der Waals surface area contributed by atoms with Crippen molar-refractivity contribution in [3.8, 4) is 0 Å². The van der Waals surface area contributed by atoms with Crippen molar-refractivity contribution in [2.45, 2.75) is 465 Å². The van der Waals surface area contributed by atoms with Gasteiger partial charge in [0.2, 0.25) is 0 Å². The monoisotopic (exact) mass is 1400 g/mol. The first-order valence-corrected chi connectivity index (χ1v) is 45.5. The fourth-order valence-corrected chi connectivity index (χ4v) is 15.6. The lowest BCUT2D eigenvalue weighted by molar-refractivity contribution is -0.161. The van der Waals surface area contributed by atoms with Crippen LogP contribution in [0.15, 0.2) is 0 Å². The molecule has 0 N–H and O–H groups in total. The molecule has 0 atom stereocenters. The maximum atomic E-state index is 14.3. The fourth-order valence-electron chi connectivity index (χ4n) is 15.6. The number of hydrogen-bond acceptors (Lipinski definition) is 9. The van der Waals surface area contributed by atoms with Crippen molar-refractivity contribution in [1.29, 1.82) is 0 Å². The van der Waals surface area contributed by atoms with E-state index in [2.05, 4.69) is 56.2 Å². The number of nitrogens with zero attached hydrogens (tertiary/aromatic N) is 3. The average molecular weight is 1400 g/mol. The van der Waals surface area contributed by atoms with Crippen LogP contribution in [0.1, 0.15) is 465 Å². The molecule has 1 rings (SSSR count). The summed E-state index contributed by atoms with van der Waals surface area (Å²) >= 11 is 0. The van der Waals surface area contributed by atoms with E-state index in [0.717, 1.165) is 78.2 Å². The third kappa shape index (κ3) is 64.4. The summed E-state index contributed by atoms with van der Waals surface area (Å²) in [5.41, 5.74) is 0. The lowest BCUT2D eigenvalue weighted by Crippen LogP contribution is -2.37. The lowest BCUT2D eigenvalue weighted by atomic mass is 9.75. The third-order valence-electron chi connectivity index (χ3n) is 22.3. The van der Waals surface area contributed by atoms with E-state index in [0.29, 0.717) is 39.1 Å². The van der Waals surface area contributed by atoms with Gasteiger partial charge in [0.05, 0.1) is 37.6 Å². The molecule has 1 aliphatic rings. The molecule has 0 unspecified atom stereocenters. The Morgan fingerprint density at radius 2 is 0.313 bits per heavy atom. The summed E-state index contributed by atoms with van der Waals surface area (Å²) in [4.78, 5) is 50.8. The number of hydrogen-bond donors (Lipinski definition) is 0. The normalized spacial score (nSPS) is 14.9. The van der Waals surface area contributed by atoms with Crippen LogP contribution in [0, 0.1) is 17.8 Å². The van der Waals surface area contributed by atoms with Crippen molar-refractivity contribution in [2.75, 3.05) is 78.7 Å². The molecule has 9 nitrogen and oxygen atoms in total. The second-order valence-corrected chi connectivity index (χ2v) is 32.0. The summed E-state index contributed by atoms with van der Waals surface area (Å²) in [5.74, 6) is -2.36. The Bertz CT molecular complexity index is 1380. The van der Waals surface area contributed by atoms with Gasteiger partial charge in [-0.2, -0.15) is 0 Å². The summed E-state index contributed by atoms with van der Waals surface area (Å²) < 4.78 is 18.5. The van der Waals surface area contributed by atoms with Crippen molar-refractivity contribution in [2.24, 2.45) is 17.8 Å². The Morgan fingerprint density at radius 3 is 0.455 bits per heavy atom. The number of carbonyl (C=O) groups is 3. The van der Waals surface area contributed by atoms with Gasteiger partial charge in [-0.15, -0.1) is 0 Å². The summed E-state index contributed by atoms with van der Waals surface area (Å²) in [5, 5.41) is 0. The Hall–Kier alpha value is -1.71. The molecule has 1 fully saturated rings. The van der Waals surface area contributed by atoms with Crippen LogP contribution in [0.5, 0.6) is 0 Å². The number of unbranched alkanes of at least 4 members (excludes halogenated alkanes) is 54. The topological polar surface area (TPSA) is 88.6 Å². The molecule has 0 heterocycles. The van der Waals surface area contributed by atoms with Crippen LogP contribution in [0.25, 0.3) is 0 Å². The number of rotatable bonds is 81. The van der Waals surface area contributed by atoms with Crippen molar-refractivity contribution < 1.29 is 28.6 Å². The van der Waals surface area contributed by atoms with E-state index in [1.165, 1.54) is 385 Å².